The minimum Gasteiger partial charge on any atom is -0.493 e. The van der Waals surface area contributed by atoms with Crippen LogP contribution in [0, 0.1) is 5.92 Å². The molecule has 1 saturated carbocycles. The molecular formula is C27H31N3O2S2. The molecule has 5 nitrogen and oxygen atoms in total. The molecule has 1 aliphatic heterocycles. The Hall–Kier alpha value is -2.06. The zero-order valence-electron chi connectivity index (χ0n) is 19.4. The van der Waals surface area contributed by atoms with Crippen molar-refractivity contribution in [3.63, 3.8) is 0 Å². The number of nitrogens with zero attached hydrogens (tertiary/aromatic N) is 3. The first-order valence-electron chi connectivity index (χ1n) is 12.3. The van der Waals surface area contributed by atoms with Crippen molar-refractivity contribution in [3.05, 3.63) is 54.2 Å². The van der Waals surface area contributed by atoms with E-state index in [-0.39, 0.29) is 6.10 Å². The molecule has 4 aromatic rings. The number of fused-ring (bicyclic) bond motifs is 2. The maximum absolute atomic E-state index is 9.87. The molecule has 0 atom stereocenters. The van der Waals surface area contributed by atoms with Crippen LogP contribution in [0.4, 0.5) is 0 Å². The Balaban J connectivity index is 1.13. The summed E-state index contributed by atoms with van der Waals surface area (Å²) >= 11 is 3.51. The van der Waals surface area contributed by atoms with E-state index >= 15 is 0 Å². The molecule has 0 amide bonds. The highest BCUT2D eigenvalue weighted by molar-refractivity contribution is 8.01. The SMILES string of the molecule is OC1CCN(Cc2cn(CC3CC3)c3ccc(OCCSc4nc5ccccc5s4)cc23)CC1. The topological polar surface area (TPSA) is 50.5 Å². The van der Waals surface area contributed by atoms with Crippen LogP contribution in [-0.4, -0.2) is 51.1 Å². The number of aromatic nitrogens is 2. The second-order valence-electron chi connectivity index (χ2n) is 9.58. The Labute approximate surface area is 208 Å². The van der Waals surface area contributed by atoms with E-state index in [0.29, 0.717) is 6.61 Å². The van der Waals surface area contributed by atoms with Crippen molar-refractivity contribution in [1.29, 1.82) is 0 Å². The van der Waals surface area contributed by atoms with E-state index in [1.54, 1.807) is 23.1 Å². The van der Waals surface area contributed by atoms with Gasteiger partial charge in [0.2, 0.25) is 0 Å². The Morgan fingerprint density at radius 2 is 1.94 bits per heavy atom. The summed E-state index contributed by atoms with van der Waals surface area (Å²) in [5.41, 5.74) is 3.77. The van der Waals surface area contributed by atoms with E-state index in [1.807, 2.05) is 6.07 Å². The highest BCUT2D eigenvalue weighted by atomic mass is 32.2. The van der Waals surface area contributed by atoms with Crippen molar-refractivity contribution in [2.45, 2.75) is 49.2 Å². The van der Waals surface area contributed by atoms with Crippen LogP contribution in [0.15, 0.2) is 53.0 Å². The number of ether oxygens (including phenoxy) is 1. The highest BCUT2D eigenvalue weighted by Crippen LogP contribution is 2.35. The molecule has 3 heterocycles. The number of rotatable bonds is 9. The van der Waals surface area contributed by atoms with Crippen molar-refractivity contribution >= 4 is 44.2 Å². The molecule has 1 aliphatic carbocycles. The molecule has 2 aliphatic rings. The molecule has 34 heavy (non-hydrogen) atoms. The molecule has 1 N–H and O–H groups in total. The summed E-state index contributed by atoms with van der Waals surface area (Å²) in [5.74, 6) is 2.66. The van der Waals surface area contributed by atoms with Crippen LogP contribution in [-0.2, 0) is 13.1 Å². The lowest BCUT2D eigenvalue weighted by atomic mass is 10.1. The number of thiazole rings is 1. The van der Waals surface area contributed by atoms with Crippen LogP contribution >= 0.6 is 23.1 Å². The second-order valence-corrected chi connectivity index (χ2v) is 12.0. The molecule has 0 unspecified atom stereocenters. The summed E-state index contributed by atoms with van der Waals surface area (Å²) < 4.78 is 11.0. The van der Waals surface area contributed by atoms with E-state index in [0.717, 1.165) is 66.3 Å². The molecule has 0 spiro atoms. The molecule has 2 fully saturated rings. The molecule has 0 radical (unpaired) electrons. The largest absolute Gasteiger partial charge is 0.493 e. The molecule has 1 saturated heterocycles. The van der Waals surface area contributed by atoms with Gasteiger partial charge in [0.05, 0.1) is 22.9 Å². The van der Waals surface area contributed by atoms with Crippen LogP contribution in [0.3, 0.4) is 0 Å². The number of aliphatic hydroxyl groups is 1. The highest BCUT2D eigenvalue weighted by Gasteiger charge is 2.24. The first-order chi connectivity index (χ1) is 16.7. The van der Waals surface area contributed by atoms with Crippen LogP contribution in [0.1, 0.15) is 31.2 Å². The van der Waals surface area contributed by atoms with Gasteiger partial charge in [-0.15, -0.1) is 11.3 Å². The normalized spacial score (nSPS) is 17.7. The number of piperidine rings is 1. The zero-order chi connectivity index (χ0) is 22.9. The van der Waals surface area contributed by atoms with E-state index in [1.165, 1.54) is 34.0 Å². The van der Waals surface area contributed by atoms with Gasteiger partial charge in [0.1, 0.15) is 5.75 Å². The standard InChI is InChI=1S/C27H31N3O2S2/c31-21-9-11-29(12-10-21)17-20-18-30(16-19-5-6-19)25-8-7-22(15-23(20)25)32-13-14-33-27-28-24-3-1-2-4-26(24)34-27/h1-4,7-8,15,18-19,21,31H,5-6,9-14,16-17H2. The predicted octanol–water partition coefficient (Wildman–Crippen LogP) is 5.79. The Kier molecular flexibility index (Phi) is 6.52. The van der Waals surface area contributed by atoms with Gasteiger partial charge in [0, 0.05) is 49.0 Å². The fourth-order valence-corrected chi connectivity index (χ4v) is 6.77. The third kappa shape index (κ3) is 5.13. The first kappa shape index (κ1) is 22.4. The third-order valence-electron chi connectivity index (χ3n) is 6.89. The molecule has 7 heteroatoms. The summed E-state index contributed by atoms with van der Waals surface area (Å²) in [6.07, 6.45) is 6.69. The monoisotopic (exact) mass is 493 g/mol. The van der Waals surface area contributed by atoms with Crippen LogP contribution in [0.25, 0.3) is 21.1 Å². The van der Waals surface area contributed by atoms with Gasteiger partial charge in [-0.2, -0.15) is 0 Å². The first-order valence-corrected chi connectivity index (χ1v) is 14.1. The molecule has 6 rings (SSSR count). The van der Waals surface area contributed by atoms with E-state index in [4.69, 9.17) is 9.72 Å². The van der Waals surface area contributed by atoms with Gasteiger partial charge in [-0.05, 0) is 67.5 Å². The average Bonchev–Trinajstić information content (AvgIpc) is 3.47. The lowest BCUT2D eigenvalue weighted by Crippen LogP contribution is -2.35. The molecule has 2 aromatic carbocycles. The minimum absolute atomic E-state index is 0.131. The predicted molar refractivity (Wildman–Crippen MR) is 141 cm³/mol. The van der Waals surface area contributed by atoms with Gasteiger partial charge >= 0.3 is 0 Å². The van der Waals surface area contributed by atoms with Crippen LogP contribution in [0.2, 0.25) is 0 Å². The van der Waals surface area contributed by atoms with E-state index in [2.05, 4.69) is 52.1 Å². The van der Waals surface area contributed by atoms with Gasteiger partial charge in [-0.1, -0.05) is 23.9 Å². The van der Waals surface area contributed by atoms with Gasteiger partial charge in [0.25, 0.3) is 0 Å². The number of hydrogen-bond acceptors (Lipinski definition) is 6. The summed E-state index contributed by atoms with van der Waals surface area (Å²) in [4.78, 5) is 7.18. The average molecular weight is 494 g/mol. The van der Waals surface area contributed by atoms with Gasteiger partial charge < -0.3 is 14.4 Å². The smallest absolute Gasteiger partial charge is 0.151 e. The number of hydrogen-bond donors (Lipinski definition) is 1. The molecule has 2 aromatic heterocycles. The quantitative estimate of drug-likeness (QED) is 0.236. The number of para-hydroxylation sites is 1. The number of likely N-dealkylation sites (tertiary alicyclic amines) is 1. The number of benzene rings is 2. The Morgan fingerprint density at radius 1 is 1.09 bits per heavy atom. The van der Waals surface area contributed by atoms with Crippen molar-refractivity contribution in [2.24, 2.45) is 5.92 Å². The van der Waals surface area contributed by atoms with Crippen molar-refractivity contribution in [3.8, 4) is 5.75 Å². The van der Waals surface area contributed by atoms with Crippen molar-refractivity contribution in [1.82, 2.24) is 14.5 Å². The van der Waals surface area contributed by atoms with E-state index in [9.17, 15) is 5.11 Å². The summed E-state index contributed by atoms with van der Waals surface area (Å²) in [6.45, 7) is 4.66. The Morgan fingerprint density at radius 3 is 2.76 bits per heavy atom. The second kappa shape index (κ2) is 9.90. The third-order valence-corrected chi connectivity index (χ3v) is 9.03. The van der Waals surface area contributed by atoms with Crippen LogP contribution < -0.4 is 4.74 Å². The fraction of sp³-hybridized carbons (Fsp3) is 0.444. The maximum Gasteiger partial charge on any atom is 0.151 e. The molecule has 0 bridgehead atoms. The van der Waals surface area contributed by atoms with Gasteiger partial charge in [-0.3, -0.25) is 4.90 Å². The van der Waals surface area contributed by atoms with E-state index < -0.39 is 0 Å². The lowest BCUT2D eigenvalue weighted by Gasteiger charge is -2.29. The lowest BCUT2D eigenvalue weighted by molar-refractivity contribution is 0.0794. The molecule has 178 valence electrons. The summed E-state index contributed by atoms with van der Waals surface area (Å²) in [7, 11) is 0. The minimum atomic E-state index is -0.131. The van der Waals surface area contributed by atoms with Crippen molar-refractivity contribution < 1.29 is 9.84 Å². The zero-order valence-corrected chi connectivity index (χ0v) is 21.0. The summed E-state index contributed by atoms with van der Waals surface area (Å²) in [6, 6.07) is 14.9. The van der Waals surface area contributed by atoms with Gasteiger partial charge in [0.15, 0.2) is 4.34 Å². The number of thioether (sulfide) groups is 1. The van der Waals surface area contributed by atoms with Crippen molar-refractivity contribution in [2.75, 3.05) is 25.4 Å². The Bertz CT molecular complexity index is 1240. The van der Waals surface area contributed by atoms with Gasteiger partial charge in [-0.25, -0.2) is 4.98 Å². The number of aliphatic hydroxyl groups excluding tert-OH is 1. The maximum atomic E-state index is 9.87. The molecular weight excluding hydrogens is 462 g/mol. The van der Waals surface area contributed by atoms with Crippen LogP contribution in [0.5, 0.6) is 5.75 Å². The fourth-order valence-electron chi connectivity index (χ4n) is 4.82. The summed E-state index contributed by atoms with van der Waals surface area (Å²) in [5, 5.41) is 11.2.